The van der Waals surface area contributed by atoms with Gasteiger partial charge < -0.3 is 5.32 Å². The number of anilines is 1. The van der Waals surface area contributed by atoms with E-state index in [2.05, 4.69) is 5.32 Å². The average molecular weight is 319 g/mol. The summed E-state index contributed by atoms with van der Waals surface area (Å²) in [7, 11) is -6.23. The first-order valence-corrected chi connectivity index (χ1v) is 9.97. The van der Waals surface area contributed by atoms with Crippen molar-refractivity contribution in [3.8, 4) is 0 Å². The summed E-state index contributed by atoms with van der Waals surface area (Å²) in [5.41, 5.74) is 0.707. The Morgan fingerprint density at radius 2 is 1.55 bits per heavy atom. The Morgan fingerprint density at radius 3 is 2.00 bits per heavy atom. The zero-order valence-electron chi connectivity index (χ0n) is 12.0. The molecule has 1 aromatic carbocycles. The smallest absolute Gasteiger partial charge is 0.178 e. The molecule has 0 fully saturated rings. The molecule has 0 aliphatic carbocycles. The van der Waals surface area contributed by atoms with Gasteiger partial charge >= 0.3 is 0 Å². The highest BCUT2D eigenvalue weighted by Gasteiger charge is 2.14. The van der Waals surface area contributed by atoms with Crippen LogP contribution in [0.2, 0.25) is 0 Å². The molecule has 0 heterocycles. The van der Waals surface area contributed by atoms with Gasteiger partial charge in [-0.3, -0.25) is 0 Å². The second-order valence-electron chi connectivity index (χ2n) is 4.67. The molecule has 0 radical (unpaired) electrons. The summed E-state index contributed by atoms with van der Waals surface area (Å²) in [4.78, 5) is 0.277. The molecule has 1 atom stereocenters. The molecule has 20 heavy (non-hydrogen) atoms. The van der Waals surface area contributed by atoms with Crippen molar-refractivity contribution in [3.63, 3.8) is 0 Å². The molecule has 0 saturated heterocycles. The summed E-state index contributed by atoms with van der Waals surface area (Å²) in [5.74, 6) is 0.232. The van der Waals surface area contributed by atoms with Crippen molar-refractivity contribution in [1.82, 2.24) is 0 Å². The lowest BCUT2D eigenvalue weighted by molar-refractivity contribution is 0.593. The van der Waals surface area contributed by atoms with Crippen LogP contribution in [0.5, 0.6) is 0 Å². The second-order valence-corrected chi connectivity index (χ2v) is 9.35. The van der Waals surface area contributed by atoms with Crippen LogP contribution in [0.4, 0.5) is 5.69 Å². The molecule has 5 nitrogen and oxygen atoms in total. The molecule has 1 aromatic rings. The van der Waals surface area contributed by atoms with E-state index in [0.717, 1.165) is 0 Å². The number of rotatable bonds is 7. The van der Waals surface area contributed by atoms with Crippen LogP contribution in [0, 0.1) is 0 Å². The van der Waals surface area contributed by atoms with Crippen molar-refractivity contribution in [2.75, 3.05) is 22.6 Å². The topological polar surface area (TPSA) is 80.3 Å². The normalized spacial score (nSPS) is 13.9. The van der Waals surface area contributed by atoms with Gasteiger partial charge in [0.15, 0.2) is 19.7 Å². The largest absolute Gasteiger partial charge is 0.382 e. The molecular weight excluding hydrogens is 298 g/mol. The van der Waals surface area contributed by atoms with Crippen LogP contribution >= 0.6 is 0 Å². The molecule has 0 aromatic heterocycles. The highest BCUT2D eigenvalue weighted by atomic mass is 32.2. The van der Waals surface area contributed by atoms with E-state index in [1.165, 1.54) is 12.1 Å². The number of sulfone groups is 2. The Bertz CT molecular complexity index is 633. The monoisotopic (exact) mass is 319 g/mol. The summed E-state index contributed by atoms with van der Waals surface area (Å²) in [6.07, 6.45) is 0. The molecule has 0 aliphatic heterocycles. The molecule has 0 saturated carbocycles. The predicted octanol–water partition coefficient (Wildman–Crippen LogP) is 1.72. The minimum atomic E-state index is -3.20. The van der Waals surface area contributed by atoms with Crippen LogP contribution in [0.1, 0.15) is 20.8 Å². The molecule has 0 spiro atoms. The molecule has 1 unspecified atom stereocenters. The average Bonchev–Trinajstić information content (AvgIpc) is 2.38. The Hall–Kier alpha value is -1.08. The van der Waals surface area contributed by atoms with E-state index in [1.54, 1.807) is 32.9 Å². The quantitative estimate of drug-likeness (QED) is 0.827. The molecule has 114 valence electrons. The van der Waals surface area contributed by atoms with Crippen LogP contribution in [0.15, 0.2) is 29.2 Å². The molecule has 1 rings (SSSR count). The van der Waals surface area contributed by atoms with Gasteiger partial charge in [-0.15, -0.1) is 0 Å². The van der Waals surface area contributed by atoms with Crippen molar-refractivity contribution in [3.05, 3.63) is 24.3 Å². The molecule has 0 aliphatic rings. The first kappa shape index (κ1) is 17.0. The van der Waals surface area contributed by atoms with Crippen LogP contribution in [0.25, 0.3) is 0 Å². The van der Waals surface area contributed by atoms with E-state index in [9.17, 15) is 16.8 Å². The van der Waals surface area contributed by atoms with Crippen molar-refractivity contribution in [1.29, 1.82) is 0 Å². The van der Waals surface area contributed by atoms with Gasteiger partial charge in [-0.1, -0.05) is 13.8 Å². The fraction of sp³-hybridized carbons (Fsp3) is 0.538. The zero-order valence-corrected chi connectivity index (χ0v) is 13.6. The van der Waals surface area contributed by atoms with Crippen LogP contribution in [-0.4, -0.2) is 40.1 Å². The fourth-order valence-electron chi connectivity index (χ4n) is 1.75. The summed E-state index contributed by atoms with van der Waals surface area (Å²) in [5, 5.41) is 3.05. The van der Waals surface area contributed by atoms with E-state index in [1.807, 2.05) is 0 Å². The third-order valence-electron chi connectivity index (χ3n) is 2.95. The summed E-state index contributed by atoms with van der Waals surface area (Å²) in [6.45, 7) is 5.00. The SMILES string of the molecule is CCS(=O)(=O)CC(C)Nc1ccc(S(=O)(=O)CC)cc1. The van der Waals surface area contributed by atoms with Gasteiger partial charge in [-0.05, 0) is 31.2 Å². The second kappa shape index (κ2) is 6.58. The van der Waals surface area contributed by atoms with Crippen molar-refractivity contribution >= 4 is 25.4 Å². The highest BCUT2D eigenvalue weighted by molar-refractivity contribution is 7.91. The zero-order chi connectivity index (χ0) is 15.4. The first-order chi connectivity index (χ1) is 9.20. The Balaban J connectivity index is 2.76. The fourth-order valence-corrected chi connectivity index (χ4v) is 3.72. The standard InChI is InChI=1S/C13H21NO4S2/c1-4-19(15,16)10-11(3)14-12-6-8-13(9-7-12)20(17,18)5-2/h6-9,11,14H,4-5,10H2,1-3H3. The van der Waals surface area contributed by atoms with E-state index in [4.69, 9.17) is 0 Å². The number of benzene rings is 1. The van der Waals surface area contributed by atoms with Gasteiger partial charge in [0.05, 0.1) is 16.4 Å². The van der Waals surface area contributed by atoms with Gasteiger partial charge in [-0.2, -0.15) is 0 Å². The van der Waals surface area contributed by atoms with Crippen molar-refractivity contribution in [2.45, 2.75) is 31.7 Å². The molecular formula is C13H21NO4S2. The number of nitrogens with one attached hydrogen (secondary N) is 1. The van der Waals surface area contributed by atoms with Gasteiger partial charge in [0, 0.05) is 17.5 Å². The molecule has 0 bridgehead atoms. The lowest BCUT2D eigenvalue weighted by Gasteiger charge is -2.15. The first-order valence-electron chi connectivity index (χ1n) is 6.50. The van der Waals surface area contributed by atoms with Crippen LogP contribution in [-0.2, 0) is 19.7 Å². The van der Waals surface area contributed by atoms with Gasteiger partial charge in [0.2, 0.25) is 0 Å². The van der Waals surface area contributed by atoms with Gasteiger partial charge in [0.1, 0.15) is 0 Å². The van der Waals surface area contributed by atoms with E-state index in [0.29, 0.717) is 5.69 Å². The highest BCUT2D eigenvalue weighted by Crippen LogP contribution is 2.16. The summed E-state index contributed by atoms with van der Waals surface area (Å²) in [6, 6.07) is 6.13. The third-order valence-corrected chi connectivity index (χ3v) is 6.59. The maximum Gasteiger partial charge on any atom is 0.178 e. The molecule has 0 amide bonds. The number of hydrogen-bond acceptors (Lipinski definition) is 5. The van der Waals surface area contributed by atoms with E-state index < -0.39 is 19.7 Å². The lowest BCUT2D eigenvalue weighted by Crippen LogP contribution is -2.26. The molecule has 7 heteroatoms. The Morgan fingerprint density at radius 1 is 1.00 bits per heavy atom. The van der Waals surface area contributed by atoms with Crippen molar-refractivity contribution in [2.24, 2.45) is 0 Å². The Kier molecular flexibility index (Phi) is 5.59. The molecule has 1 N–H and O–H groups in total. The third kappa shape index (κ3) is 4.79. The van der Waals surface area contributed by atoms with E-state index in [-0.39, 0.29) is 28.2 Å². The summed E-state index contributed by atoms with van der Waals surface area (Å²) >= 11 is 0. The van der Waals surface area contributed by atoms with Gasteiger partial charge in [-0.25, -0.2) is 16.8 Å². The van der Waals surface area contributed by atoms with Gasteiger partial charge in [0.25, 0.3) is 0 Å². The minimum Gasteiger partial charge on any atom is -0.382 e. The predicted molar refractivity (Wildman–Crippen MR) is 81.6 cm³/mol. The van der Waals surface area contributed by atoms with Crippen molar-refractivity contribution < 1.29 is 16.8 Å². The van der Waals surface area contributed by atoms with E-state index >= 15 is 0 Å². The van der Waals surface area contributed by atoms with Crippen LogP contribution < -0.4 is 5.32 Å². The summed E-state index contributed by atoms with van der Waals surface area (Å²) < 4.78 is 46.3. The Labute approximate surface area is 121 Å². The number of hydrogen-bond donors (Lipinski definition) is 1. The maximum absolute atomic E-state index is 11.7. The van der Waals surface area contributed by atoms with Crippen LogP contribution in [0.3, 0.4) is 0 Å². The lowest BCUT2D eigenvalue weighted by atomic mass is 10.3. The maximum atomic E-state index is 11.7. The minimum absolute atomic E-state index is 0.0541.